The first-order valence-electron chi connectivity index (χ1n) is 6.63. The van der Waals surface area contributed by atoms with Gasteiger partial charge in [-0.15, -0.1) is 0 Å². The number of aliphatic hydroxyl groups is 1. The first-order valence-corrected chi connectivity index (χ1v) is 6.63. The highest BCUT2D eigenvalue weighted by molar-refractivity contribution is 5.82. The minimum atomic E-state index is -0.355. The SMILES string of the molecule is Cc1ccc2c(c1)nc1cc(N3CC(O)C3)c(F)cn12. The van der Waals surface area contributed by atoms with Crippen molar-refractivity contribution in [2.45, 2.75) is 13.0 Å². The maximum Gasteiger partial charge on any atom is 0.163 e. The maximum absolute atomic E-state index is 14.2. The maximum atomic E-state index is 14.2. The Morgan fingerprint density at radius 3 is 2.85 bits per heavy atom. The lowest BCUT2D eigenvalue weighted by molar-refractivity contribution is 0.141. The molecule has 1 aliphatic rings. The van der Waals surface area contributed by atoms with Gasteiger partial charge >= 0.3 is 0 Å². The number of aryl methyl sites for hydroxylation is 1. The van der Waals surface area contributed by atoms with Gasteiger partial charge in [-0.25, -0.2) is 9.37 Å². The summed E-state index contributed by atoms with van der Waals surface area (Å²) in [7, 11) is 0. The third-order valence-electron chi connectivity index (χ3n) is 3.83. The van der Waals surface area contributed by atoms with Gasteiger partial charge in [0.1, 0.15) is 5.65 Å². The van der Waals surface area contributed by atoms with E-state index in [-0.39, 0.29) is 11.9 Å². The number of hydrogen-bond acceptors (Lipinski definition) is 3. The van der Waals surface area contributed by atoms with E-state index in [1.165, 1.54) is 6.20 Å². The van der Waals surface area contributed by atoms with Gasteiger partial charge < -0.3 is 10.0 Å². The van der Waals surface area contributed by atoms with Gasteiger partial charge in [0.15, 0.2) is 5.82 Å². The largest absolute Gasteiger partial charge is 0.389 e. The molecule has 0 spiro atoms. The minimum absolute atomic E-state index is 0.288. The van der Waals surface area contributed by atoms with Crippen molar-refractivity contribution < 1.29 is 9.50 Å². The van der Waals surface area contributed by atoms with Crippen molar-refractivity contribution in [1.29, 1.82) is 0 Å². The smallest absolute Gasteiger partial charge is 0.163 e. The summed E-state index contributed by atoms with van der Waals surface area (Å²) >= 11 is 0. The number of aliphatic hydroxyl groups excluding tert-OH is 1. The zero-order valence-electron chi connectivity index (χ0n) is 11.0. The van der Waals surface area contributed by atoms with Gasteiger partial charge in [0.25, 0.3) is 0 Å². The molecular formula is C15H14FN3O. The lowest BCUT2D eigenvalue weighted by atomic mass is 10.1. The van der Waals surface area contributed by atoms with Crippen LogP contribution in [-0.4, -0.2) is 33.7 Å². The summed E-state index contributed by atoms with van der Waals surface area (Å²) in [5, 5.41) is 9.34. The number of pyridine rings is 1. The Bertz CT molecular complexity index is 821. The van der Waals surface area contributed by atoms with E-state index in [2.05, 4.69) is 4.98 Å². The number of halogens is 1. The van der Waals surface area contributed by atoms with Crippen LogP contribution in [0.4, 0.5) is 10.1 Å². The van der Waals surface area contributed by atoms with Crippen molar-refractivity contribution in [3.63, 3.8) is 0 Å². The molecule has 0 unspecified atom stereocenters. The van der Waals surface area contributed by atoms with Crippen LogP contribution in [0.3, 0.4) is 0 Å². The predicted octanol–water partition coefficient (Wildman–Crippen LogP) is 2.12. The Morgan fingerprint density at radius 1 is 1.30 bits per heavy atom. The Morgan fingerprint density at radius 2 is 2.10 bits per heavy atom. The van der Waals surface area contributed by atoms with Gasteiger partial charge in [0.05, 0.1) is 22.8 Å². The van der Waals surface area contributed by atoms with Crippen LogP contribution >= 0.6 is 0 Å². The van der Waals surface area contributed by atoms with E-state index >= 15 is 0 Å². The van der Waals surface area contributed by atoms with Crippen LogP contribution in [0.15, 0.2) is 30.5 Å². The number of aromatic nitrogens is 2. The highest BCUT2D eigenvalue weighted by Gasteiger charge is 2.27. The standard InChI is InChI=1S/C15H14FN3O/c1-9-2-3-13-12(4-9)17-15-5-14(11(16)8-19(13)15)18-6-10(20)7-18/h2-5,8,10,20H,6-7H2,1H3. The summed E-state index contributed by atoms with van der Waals surface area (Å²) in [5.41, 5.74) is 4.13. The van der Waals surface area contributed by atoms with E-state index < -0.39 is 0 Å². The van der Waals surface area contributed by atoms with E-state index in [9.17, 15) is 9.50 Å². The number of hydrogen-bond donors (Lipinski definition) is 1. The molecule has 1 N–H and O–H groups in total. The van der Waals surface area contributed by atoms with Crippen LogP contribution in [0.2, 0.25) is 0 Å². The van der Waals surface area contributed by atoms with Crippen molar-refractivity contribution >= 4 is 22.4 Å². The molecule has 3 heterocycles. The summed E-state index contributed by atoms with van der Waals surface area (Å²) < 4.78 is 16.0. The van der Waals surface area contributed by atoms with E-state index in [1.807, 2.05) is 30.0 Å². The number of anilines is 1. The summed E-state index contributed by atoms with van der Waals surface area (Å²) in [4.78, 5) is 6.37. The van der Waals surface area contributed by atoms with Crippen LogP contribution in [0.25, 0.3) is 16.7 Å². The van der Waals surface area contributed by atoms with Crippen molar-refractivity contribution in [2.75, 3.05) is 18.0 Å². The molecule has 1 aliphatic heterocycles. The summed E-state index contributed by atoms with van der Waals surface area (Å²) in [6.07, 6.45) is 1.12. The molecule has 1 saturated heterocycles. The fourth-order valence-corrected chi connectivity index (χ4v) is 2.73. The van der Waals surface area contributed by atoms with Crippen molar-refractivity contribution in [2.24, 2.45) is 0 Å². The van der Waals surface area contributed by atoms with Crippen LogP contribution < -0.4 is 4.90 Å². The molecule has 0 bridgehead atoms. The topological polar surface area (TPSA) is 40.8 Å². The number of imidazole rings is 1. The molecule has 20 heavy (non-hydrogen) atoms. The molecule has 102 valence electrons. The number of rotatable bonds is 1. The quantitative estimate of drug-likeness (QED) is 0.737. The van der Waals surface area contributed by atoms with Crippen LogP contribution in [0.1, 0.15) is 5.56 Å². The first kappa shape index (κ1) is 11.7. The number of benzene rings is 1. The van der Waals surface area contributed by atoms with Crippen LogP contribution in [0, 0.1) is 12.7 Å². The Labute approximate surface area is 115 Å². The van der Waals surface area contributed by atoms with E-state index in [0.717, 1.165) is 22.2 Å². The van der Waals surface area contributed by atoms with Crippen molar-refractivity contribution in [3.05, 3.63) is 41.8 Å². The molecule has 0 saturated carbocycles. The molecule has 0 atom stereocenters. The molecule has 1 aromatic carbocycles. The lowest BCUT2D eigenvalue weighted by Crippen LogP contribution is -2.51. The monoisotopic (exact) mass is 271 g/mol. The Hall–Kier alpha value is -2.14. The second kappa shape index (κ2) is 3.93. The van der Waals surface area contributed by atoms with Gasteiger partial charge in [-0.05, 0) is 24.6 Å². The molecule has 3 aromatic rings. The van der Waals surface area contributed by atoms with E-state index in [1.54, 1.807) is 10.5 Å². The van der Waals surface area contributed by atoms with Gasteiger partial charge in [-0.1, -0.05) is 6.07 Å². The normalized spacial score (nSPS) is 16.1. The molecule has 5 heteroatoms. The Balaban J connectivity index is 1.92. The molecule has 4 rings (SSSR count). The number of nitrogens with zero attached hydrogens (tertiary/aromatic N) is 3. The number of β-amino-alcohol motifs (C(OH)–C–C–N with tert-alkyl or cyclic N) is 1. The fourth-order valence-electron chi connectivity index (χ4n) is 2.73. The third-order valence-corrected chi connectivity index (χ3v) is 3.83. The van der Waals surface area contributed by atoms with Crippen LogP contribution in [0.5, 0.6) is 0 Å². The predicted molar refractivity (Wildman–Crippen MR) is 75.6 cm³/mol. The highest BCUT2D eigenvalue weighted by Crippen LogP contribution is 2.28. The first-order chi connectivity index (χ1) is 9.61. The van der Waals surface area contributed by atoms with Crippen molar-refractivity contribution in [1.82, 2.24) is 9.38 Å². The molecule has 1 fully saturated rings. The zero-order chi connectivity index (χ0) is 13.9. The molecule has 4 nitrogen and oxygen atoms in total. The van der Waals surface area contributed by atoms with E-state index in [0.29, 0.717) is 18.8 Å². The molecular weight excluding hydrogens is 257 g/mol. The average molecular weight is 271 g/mol. The van der Waals surface area contributed by atoms with Gasteiger partial charge in [0.2, 0.25) is 0 Å². The summed E-state index contributed by atoms with van der Waals surface area (Å²) in [6, 6.07) is 7.69. The molecule has 0 radical (unpaired) electrons. The fraction of sp³-hybridized carbons (Fsp3) is 0.267. The van der Waals surface area contributed by atoms with E-state index in [4.69, 9.17) is 0 Å². The number of fused-ring (bicyclic) bond motifs is 3. The van der Waals surface area contributed by atoms with Gasteiger partial charge in [0, 0.05) is 25.4 Å². The molecule has 2 aromatic heterocycles. The summed E-state index contributed by atoms with van der Waals surface area (Å²) in [5.74, 6) is -0.288. The summed E-state index contributed by atoms with van der Waals surface area (Å²) in [6.45, 7) is 2.97. The third kappa shape index (κ3) is 1.59. The molecule has 0 amide bonds. The van der Waals surface area contributed by atoms with Gasteiger partial charge in [-0.3, -0.25) is 4.40 Å². The second-order valence-electron chi connectivity index (χ2n) is 5.40. The minimum Gasteiger partial charge on any atom is -0.389 e. The zero-order valence-corrected chi connectivity index (χ0v) is 11.0. The highest BCUT2D eigenvalue weighted by atomic mass is 19.1. The Kier molecular flexibility index (Phi) is 2.29. The average Bonchev–Trinajstić information content (AvgIpc) is 2.71. The van der Waals surface area contributed by atoms with Crippen molar-refractivity contribution in [3.8, 4) is 0 Å². The molecule has 0 aliphatic carbocycles. The van der Waals surface area contributed by atoms with Crippen LogP contribution in [-0.2, 0) is 0 Å². The lowest BCUT2D eigenvalue weighted by Gasteiger charge is -2.37. The second-order valence-corrected chi connectivity index (χ2v) is 5.40. The van der Waals surface area contributed by atoms with Gasteiger partial charge in [-0.2, -0.15) is 0 Å².